The minimum Gasteiger partial charge on any atom is -0.281 e. The molecule has 2 aromatic rings. The van der Waals surface area contributed by atoms with Gasteiger partial charge in [0, 0.05) is 16.2 Å². The molecule has 0 radical (unpaired) electrons. The second kappa shape index (κ2) is 4.74. The minimum atomic E-state index is -3.62. The Morgan fingerprint density at radius 2 is 2.00 bits per heavy atom. The van der Waals surface area contributed by atoms with Gasteiger partial charge in [0.2, 0.25) is 0 Å². The summed E-state index contributed by atoms with van der Waals surface area (Å²) in [5, 5.41) is 6.53. The number of hydrogen-bond acceptors (Lipinski definition) is 3. The molecule has 7 heteroatoms. The van der Waals surface area contributed by atoms with Crippen LogP contribution >= 0.6 is 15.9 Å². The Hall–Kier alpha value is -1.34. The zero-order valence-corrected chi connectivity index (χ0v) is 12.3. The number of hydrogen-bond donors (Lipinski definition) is 2. The second-order valence-corrected chi connectivity index (χ2v) is 6.52. The molecule has 0 bridgehead atoms. The molecule has 0 aliphatic carbocycles. The number of anilines is 1. The molecule has 2 rings (SSSR count). The quantitative estimate of drug-likeness (QED) is 0.908. The number of sulfonamides is 1. The van der Waals surface area contributed by atoms with Crippen molar-refractivity contribution in [3.05, 3.63) is 40.0 Å². The molecule has 96 valence electrons. The number of aromatic nitrogens is 2. The van der Waals surface area contributed by atoms with Gasteiger partial charge in [-0.05, 0) is 31.5 Å². The van der Waals surface area contributed by atoms with Crippen LogP contribution < -0.4 is 4.72 Å². The molecule has 2 N–H and O–H groups in total. The van der Waals surface area contributed by atoms with E-state index >= 15 is 0 Å². The zero-order chi connectivity index (χ0) is 13.3. The van der Waals surface area contributed by atoms with Gasteiger partial charge in [0.25, 0.3) is 10.0 Å². The number of aromatic amines is 1. The molecule has 0 fully saturated rings. The molecule has 1 heterocycles. The molecule has 18 heavy (non-hydrogen) atoms. The molecule has 0 spiro atoms. The summed E-state index contributed by atoms with van der Waals surface area (Å²) in [5.41, 5.74) is 1.47. The summed E-state index contributed by atoms with van der Waals surface area (Å²) >= 11 is 3.26. The van der Waals surface area contributed by atoms with Crippen LogP contribution in [0.3, 0.4) is 0 Å². The lowest BCUT2D eigenvalue weighted by Crippen LogP contribution is -2.14. The summed E-state index contributed by atoms with van der Waals surface area (Å²) in [7, 11) is -3.62. The standard InChI is InChI=1S/C11H12BrN3O2S/c1-7-3-4-9(12)6-10(7)18(16,17)15-11-5-8(2)13-14-11/h3-6H,1-2H3,(H2,13,14,15). The first-order chi connectivity index (χ1) is 8.38. The van der Waals surface area contributed by atoms with Crippen LogP contribution in [0.2, 0.25) is 0 Å². The van der Waals surface area contributed by atoms with Crippen LogP contribution in [0, 0.1) is 13.8 Å². The van der Waals surface area contributed by atoms with E-state index in [4.69, 9.17) is 0 Å². The molecule has 5 nitrogen and oxygen atoms in total. The predicted octanol–water partition coefficient (Wildman–Crippen LogP) is 2.59. The van der Waals surface area contributed by atoms with Crippen molar-refractivity contribution in [2.45, 2.75) is 18.7 Å². The highest BCUT2D eigenvalue weighted by atomic mass is 79.9. The van der Waals surface area contributed by atoms with Crippen molar-refractivity contribution in [1.82, 2.24) is 10.2 Å². The fourth-order valence-corrected chi connectivity index (χ4v) is 3.30. The summed E-state index contributed by atoms with van der Waals surface area (Å²) in [6.45, 7) is 3.55. The van der Waals surface area contributed by atoms with Gasteiger partial charge >= 0.3 is 0 Å². The lowest BCUT2D eigenvalue weighted by Gasteiger charge is -2.08. The topological polar surface area (TPSA) is 74.8 Å². The second-order valence-electron chi connectivity index (χ2n) is 3.95. The van der Waals surface area contributed by atoms with Crippen molar-refractivity contribution in [2.75, 3.05) is 4.72 Å². The number of halogens is 1. The van der Waals surface area contributed by atoms with Gasteiger partial charge in [-0.1, -0.05) is 22.0 Å². The van der Waals surface area contributed by atoms with Crippen molar-refractivity contribution in [1.29, 1.82) is 0 Å². The van der Waals surface area contributed by atoms with Gasteiger partial charge in [-0.25, -0.2) is 8.42 Å². The van der Waals surface area contributed by atoms with Crippen molar-refractivity contribution in [2.24, 2.45) is 0 Å². The van der Waals surface area contributed by atoms with Crippen molar-refractivity contribution in [3.63, 3.8) is 0 Å². The average Bonchev–Trinajstić information content (AvgIpc) is 2.66. The third kappa shape index (κ3) is 2.73. The molecule has 1 aromatic carbocycles. The largest absolute Gasteiger partial charge is 0.281 e. The maximum absolute atomic E-state index is 12.2. The molecule has 1 aromatic heterocycles. The minimum absolute atomic E-state index is 0.234. The summed E-state index contributed by atoms with van der Waals surface area (Å²) < 4.78 is 27.5. The lowest BCUT2D eigenvalue weighted by atomic mass is 10.2. The molecule has 0 amide bonds. The predicted molar refractivity (Wildman–Crippen MR) is 73.0 cm³/mol. The summed E-state index contributed by atoms with van der Waals surface area (Å²) in [5.74, 6) is 0.284. The molecule has 0 unspecified atom stereocenters. The third-order valence-electron chi connectivity index (χ3n) is 2.38. The molecule has 0 atom stereocenters. The SMILES string of the molecule is Cc1cc(NS(=O)(=O)c2cc(Br)ccc2C)n[nH]1. The van der Waals surface area contributed by atoms with Crippen LogP contribution in [0.1, 0.15) is 11.3 Å². The summed E-state index contributed by atoms with van der Waals surface area (Å²) in [6, 6.07) is 6.74. The maximum Gasteiger partial charge on any atom is 0.263 e. The van der Waals surface area contributed by atoms with Gasteiger partial charge in [-0.15, -0.1) is 0 Å². The first-order valence-corrected chi connectivity index (χ1v) is 7.47. The van der Waals surface area contributed by atoms with E-state index < -0.39 is 10.0 Å². The molecule has 0 aliphatic rings. The number of nitrogens with zero attached hydrogens (tertiary/aromatic N) is 1. The number of nitrogens with one attached hydrogen (secondary N) is 2. The third-order valence-corrected chi connectivity index (χ3v) is 4.37. The zero-order valence-electron chi connectivity index (χ0n) is 9.86. The van der Waals surface area contributed by atoms with Gasteiger partial charge in [0.1, 0.15) is 0 Å². The molecular formula is C11H12BrN3O2S. The average molecular weight is 330 g/mol. The van der Waals surface area contributed by atoms with Crippen LogP contribution in [-0.2, 0) is 10.0 Å². The monoisotopic (exact) mass is 329 g/mol. The molecular weight excluding hydrogens is 318 g/mol. The molecule has 0 saturated heterocycles. The van der Waals surface area contributed by atoms with Crippen LogP contribution in [0.5, 0.6) is 0 Å². The van der Waals surface area contributed by atoms with Gasteiger partial charge in [-0.2, -0.15) is 5.10 Å². The van der Waals surface area contributed by atoms with Gasteiger partial charge in [-0.3, -0.25) is 9.82 Å². The number of H-pyrrole nitrogens is 1. The lowest BCUT2D eigenvalue weighted by molar-refractivity contribution is 0.600. The number of benzene rings is 1. The number of aryl methyl sites for hydroxylation is 2. The fraction of sp³-hybridized carbons (Fsp3) is 0.182. The molecule has 0 saturated carbocycles. The van der Waals surface area contributed by atoms with Gasteiger partial charge in [0.15, 0.2) is 5.82 Å². The Labute approximate surface area is 114 Å². The van der Waals surface area contributed by atoms with E-state index in [2.05, 4.69) is 30.8 Å². The van der Waals surface area contributed by atoms with Crippen LogP contribution in [0.15, 0.2) is 33.6 Å². The fourth-order valence-electron chi connectivity index (χ4n) is 1.53. The van der Waals surface area contributed by atoms with E-state index in [-0.39, 0.29) is 10.7 Å². The number of rotatable bonds is 3. The van der Waals surface area contributed by atoms with Crippen LogP contribution in [0.25, 0.3) is 0 Å². The highest BCUT2D eigenvalue weighted by molar-refractivity contribution is 9.10. The first-order valence-electron chi connectivity index (χ1n) is 5.19. The Balaban J connectivity index is 2.39. The van der Waals surface area contributed by atoms with Gasteiger partial charge in [0.05, 0.1) is 4.90 Å². The van der Waals surface area contributed by atoms with E-state index in [1.54, 1.807) is 38.1 Å². The smallest absolute Gasteiger partial charge is 0.263 e. The normalized spacial score (nSPS) is 11.5. The van der Waals surface area contributed by atoms with E-state index in [0.29, 0.717) is 10.0 Å². The van der Waals surface area contributed by atoms with E-state index in [9.17, 15) is 8.42 Å². The first kappa shape index (κ1) is 13.1. The summed E-state index contributed by atoms with van der Waals surface area (Å²) in [4.78, 5) is 0.234. The highest BCUT2D eigenvalue weighted by Crippen LogP contribution is 2.22. The van der Waals surface area contributed by atoms with E-state index in [1.165, 1.54) is 0 Å². The van der Waals surface area contributed by atoms with E-state index in [0.717, 1.165) is 5.69 Å². The molecule has 0 aliphatic heterocycles. The highest BCUT2D eigenvalue weighted by Gasteiger charge is 2.18. The maximum atomic E-state index is 12.2. The Bertz CT molecular complexity index is 679. The van der Waals surface area contributed by atoms with Gasteiger partial charge < -0.3 is 0 Å². The van der Waals surface area contributed by atoms with Crippen molar-refractivity contribution in [3.8, 4) is 0 Å². The van der Waals surface area contributed by atoms with Crippen LogP contribution in [0.4, 0.5) is 5.82 Å². The van der Waals surface area contributed by atoms with Crippen LogP contribution in [-0.4, -0.2) is 18.6 Å². The Kier molecular flexibility index (Phi) is 3.45. The summed E-state index contributed by atoms with van der Waals surface area (Å²) in [6.07, 6.45) is 0. The van der Waals surface area contributed by atoms with Crippen molar-refractivity contribution < 1.29 is 8.42 Å². The Morgan fingerprint density at radius 3 is 2.61 bits per heavy atom. The van der Waals surface area contributed by atoms with E-state index in [1.807, 2.05) is 0 Å². The Morgan fingerprint density at radius 1 is 1.28 bits per heavy atom. The van der Waals surface area contributed by atoms with Crippen molar-refractivity contribution >= 4 is 31.8 Å².